The normalized spacial score (nSPS) is 21.8. The number of hydrogen-bond acceptors (Lipinski definition) is 5. The van der Waals surface area contributed by atoms with E-state index in [0.717, 1.165) is 25.4 Å². The quantitative estimate of drug-likeness (QED) is 0.725. The maximum Gasteiger partial charge on any atom is 0.180 e. The molecule has 1 saturated heterocycles. The van der Waals surface area contributed by atoms with Crippen LogP contribution in [0.5, 0.6) is 5.75 Å². The number of benzene rings is 1. The molecule has 142 valence electrons. The van der Waals surface area contributed by atoms with Gasteiger partial charge in [0.2, 0.25) is 0 Å². The van der Waals surface area contributed by atoms with Crippen LogP contribution < -0.4 is 4.74 Å². The van der Waals surface area contributed by atoms with Crippen LogP contribution >= 0.6 is 0 Å². The van der Waals surface area contributed by atoms with E-state index in [2.05, 4.69) is 25.7 Å². The van der Waals surface area contributed by atoms with Crippen LogP contribution in [0.25, 0.3) is 0 Å². The zero-order valence-corrected chi connectivity index (χ0v) is 16.3. The van der Waals surface area contributed by atoms with E-state index in [1.807, 2.05) is 0 Å². The molecular weight excluding hydrogens is 338 g/mol. The molecule has 6 heteroatoms. The van der Waals surface area contributed by atoms with Gasteiger partial charge in [-0.3, -0.25) is 0 Å². The van der Waals surface area contributed by atoms with Gasteiger partial charge < -0.3 is 14.7 Å². The van der Waals surface area contributed by atoms with Crippen molar-refractivity contribution in [1.82, 2.24) is 4.90 Å². The molecule has 0 aliphatic carbocycles. The van der Waals surface area contributed by atoms with E-state index in [0.29, 0.717) is 24.3 Å². The van der Waals surface area contributed by atoms with Crippen molar-refractivity contribution in [2.24, 2.45) is 11.8 Å². The summed E-state index contributed by atoms with van der Waals surface area (Å²) in [6.07, 6.45) is 2.36. The number of sulfone groups is 1. The Balaban J connectivity index is 1.84. The maximum atomic E-state index is 11.9. The molecule has 1 aromatic carbocycles. The standard InChI is InChI=1S/C19H31NO4S/c1-15(2)8-9-20-13-17(12-16(20)3)14-24-18-4-6-19(7-5-18)25(22,23)11-10-21/h4-7,15-17,21H,8-14H2,1-3H3. The first kappa shape index (κ1) is 20.2. The number of rotatable bonds is 9. The molecule has 5 nitrogen and oxygen atoms in total. The minimum absolute atomic E-state index is 0.225. The topological polar surface area (TPSA) is 66.8 Å². The highest BCUT2D eigenvalue weighted by atomic mass is 32.2. The number of ether oxygens (including phenoxy) is 1. The van der Waals surface area contributed by atoms with E-state index in [9.17, 15) is 8.42 Å². The van der Waals surface area contributed by atoms with Crippen molar-refractivity contribution in [2.75, 3.05) is 32.1 Å². The summed E-state index contributed by atoms with van der Waals surface area (Å²) < 4.78 is 29.6. The Morgan fingerprint density at radius 2 is 1.96 bits per heavy atom. The number of likely N-dealkylation sites (tertiary alicyclic amines) is 1. The first-order valence-electron chi connectivity index (χ1n) is 9.12. The van der Waals surface area contributed by atoms with Crippen molar-refractivity contribution in [3.63, 3.8) is 0 Å². The molecule has 2 unspecified atom stereocenters. The minimum atomic E-state index is -3.40. The second kappa shape index (κ2) is 9.01. The largest absolute Gasteiger partial charge is 0.493 e. The van der Waals surface area contributed by atoms with Crippen LogP contribution in [0, 0.1) is 11.8 Å². The van der Waals surface area contributed by atoms with Crippen LogP contribution in [0.1, 0.15) is 33.6 Å². The van der Waals surface area contributed by atoms with E-state index in [-0.39, 0.29) is 17.3 Å². The van der Waals surface area contributed by atoms with Crippen molar-refractivity contribution in [2.45, 2.75) is 44.6 Å². The van der Waals surface area contributed by atoms with Gasteiger partial charge in [-0.25, -0.2) is 8.42 Å². The maximum absolute atomic E-state index is 11.9. The second-order valence-electron chi connectivity index (χ2n) is 7.45. The summed E-state index contributed by atoms with van der Waals surface area (Å²) >= 11 is 0. The van der Waals surface area contributed by atoms with Crippen molar-refractivity contribution in [3.8, 4) is 5.75 Å². The van der Waals surface area contributed by atoms with Gasteiger partial charge in [0.05, 0.1) is 23.9 Å². The average molecular weight is 370 g/mol. The Labute approximate surface area is 151 Å². The van der Waals surface area contributed by atoms with Crippen molar-refractivity contribution >= 4 is 9.84 Å². The number of aliphatic hydroxyl groups is 1. The van der Waals surface area contributed by atoms with E-state index in [4.69, 9.17) is 9.84 Å². The van der Waals surface area contributed by atoms with Gasteiger partial charge in [0.25, 0.3) is 0 Å². The zero-order chi connectivity index (χ0) is 18.4. The van der Waals surface area contributed by atoms with Gasteiger partial charge in [-0.05, 0) is 56.5 Å². The van der Waals surface area contributed by atoms with Gasteiger partial charge in [0, 0.05) is 18.5 Å². The fourth-order valence-electron chi connectivity index (χ4n) is 3.27. The monoisotopic (exact) mass is 369 g/mol. The summed E-state index contributed by atoms with van der Waals surface area (Å²) in [6, 6.07) is 7.08. The Bertz CT molecular complexity index is 627. The fraction of sp³-hybridized carbons (Fsp3) is 0.684. The highest BCUT2D eigenvalue weighted by molar-refractivity contribution is 7.91. The molecule has 0 radical (unpaired) electrons. The van der Waals surface area contributed by atoms with E-state index >= 15 is 0 Å². The predicted molar refractivity (Wildman–Crippen MR) is 99.7 cm³/mol. The van der Waals surface area contributed by atoms with Crippen molar-refractivity contribution in [3.05, 3.63) is 24.3 Å². The molecule has 2 rings (SSSR count). The first-order valence-corrected chi connectivity index (χ1v) is 10.8. The SMILES string of the molecule is CC(C)CCN1CC(COc2ccc(S(=O)(=O)CCO)cc2)CC1C. The zero-order valence-electron chi connectivity index (χ0n) is 15.5. The average Bonchev–Trinajstić information content (AvgIpc) is 2.91. The van der Waals surface area contributed by atoms with E-state index in [1.54, 1.807) is 24.3 Å². The Kier molecular flexibility index (Phi) is 7.28. The number of aliphatic hydroxyl groups excluding tert-OH is 1. The molecule has 0 spiro atoms. The smallest absolute Gasteiger partial charge is 0.180 e. The molecule has 1 N–H and O–H groups in total. The van der Waals surface area contributed by atoms with Gasteiger partial charge in [0.1, 0.15) is 5.75 Å². The number of hydrogen-bond donors (Lipinski definition) is 1. The highest BCUT2D eigenvalue weighted by Gasteiger charge is 2.29. The summed E-state index contributed by atoms with van der Waals surface area (Å²) in [7, 11) is -3.40. The summed E-state index contributed by atoms with van der Waals surface area (Å²) in [5.41, 5.74) is 0. The second-order valence-corrected chi connectivity index (χ2v) is 9.56. The molecule has 1 fully saturated rings. The van der Waals surface area contributed by atoms with E-state index in [1.165, 1.54) is 6.42 Å². The van der Waals surface area contributed by atoms with Gasteiger partial charge in [-0.1, -0.05) is 13.8 Å². The lowest BCUT2D eigenvalue weighted by molar-refractivity contribution is 0.226. The molecule has 0 bridgehead atoms. The Morgan fingerprint density at radius 1 is 1.28 bits per heavy atom. The van der Waals surface area contributed by atoms with Crippen LogP contribution in [-0.4, -0.2) is 56.5 Å². The molecule has 25 heavy (non-hydrogen) atoms. The predicted octanol–water partition coefficient (Wildman–Crippen LogP) is 2.59. The van der Waals surface area contributed by atoms with Crippen molar-refractivity contribution in [1.29, 1.82) is 0 Å². The van der Waals surface area contributed by atoms with Crippen LogP contribution in [0.3, 0.4) is 0 Å². The van der Waals surface area contributed by atoms with Crippen LogP contribution in [0.15, 0.2) is 29.2 Å². The van der Waals surface area contributed by atoms with Crippen LogP contribution in [0.2, 0.25) is 0 Å². The third-order valence-electron chi connectivity index (χ3n) is 4.81. The lowest BCUT2D eigenvalue weighted by atomic mass is 10.1. The molecule has 1 aliphatic heterocycles. The summed E-state index contributed by atoms with van der Waals surface area (Å²) in [5.74, 6) is 1.68. The van der Waals surface area contributed by atoms with Crippen molar-refractivity contribution < 1.29 is 18.3 Å². The molecule has 1 aliphatic rings. The Hall–Kier alpha value is -1.11. The summed E-state index contributed by atoms with van der Waals surface area (Å²) in [4.78, 5) is 2.77. The Morgan fingerprint density at radius 3 is 2.56 bits per heavy atom. The third-order valence-corrected chi connectivity index (χ3v) is 6.52. The molecule has 2 atom stereocenters. The summed E-state index contributed by atoms with van der Waals surface area (Å²) in [5, 5.41) is 8.83. The molecule has 0 saturated carbocycles. The lowest BCUT2D eigenvalue weighted by Crippen LogP contribution is -2.29. The number of nitrogens with zero attached hydrogens (tertiary/aromatic N) is 1. The molecular formula is C19H31NO4S. The van der Waals surface area contributed by atoms with Crippen LogP contribution in [0.4, 0.5) is 0 Å². The molecule has 1 heterocycles. The first-order chi connectivity index (χ1) is 11.8. The lowest BCUT2D eigenvalue weighted by Gasteiger charge is -2.21. The third kappa shape index (κ3) is 5.97. The molecule has 0 amide bonds. The molecule has 0 aromatic heterocycles. The fourth-order valence-corrected chi connectivity index (χ4v) is 4.30. The minimum Gasteiger partial charge on any atom is -0.493 e. The van der Waals surface area contributed by atoms with Gasteiger partial charge in [0.15, 0.2) is 9.84 Å². The molecule has 1 aromatic rings. The van der Waals surface area contributed by atoms with Gasteiger partial charge >= 0.3 is 0 Å². The van der Waals surface area contributed by atoms with Gasteiger partial charge in [-0.15, -0.1) is 0 Å². The summed E-state index contributed by atoms with van der Waals surface area (Å²) in [6.45, 7) is 9.29. The van der Waals surface area contributed by atoms with Gasteiger partial charge in [-0.2, -0.15) is 0 Å². The van der Waals surface area contributed by atoms with E-state index < -0.39 is 9.84 Å². The highest BCUT2D eigenvalue weighted by Crippen LogP contribution is 2.25. The van der Waals surface area contributed by atoms with Crippen LogP contribution in [-0.2, 0) is 9.84 Å².